The standard InChI is InChI=1S/C11H13NO2/c1-3-5-11(14)12(2)9-6-4-7-10(13)8-9/h3-8,13H,1-2H3/b5-3+. The lowest BCUT2D eigenvalue weighted by atomic mass is 10.2. The molecular weight excluding hydrogens is 178 g/mol. The van der Waals surface area contributed by atoms with Gasteiger partial charge in [-0.25, -0.2) is 0 Å². The summed E-state index contributed by atoms with van der Waals surface area (Å²) in [5.41, 5.74) is 0.674. The van der Waals surface area contributed by atoms with Crippen LogP contribution in [0.3, 0.4) is 0 Å². The molecule has 1 amide bonds. The third-order valence-electron chi connectivity index (χ3n) is 1.86. The Morgan fingerprint density at radius 1 is 1.50 bits per heavy atom. The van der Waals surface area contributed by atoms with E-state index in [0.717, 1.165) is 0 Å². The first-order chi connectivity index (χ1) is 6.65. The minimum atomic E-state index is -0.113. The maximum absolute atomic E-state index is 11.4. The lowest BCUT2D eigenvalue weighted by molar-refractivity contribution is -0.113. The van der Waals surface area contributed by atoms with E-state index in [1.54, 1.807) is 44.3 Å². The summed E-state index contributed by atoms with van der Waals surface area (Å²) in [7, 11) is 1.66. The number of phenolic OH excluding ortho intramolecular Hbond substituents is 1. The Morgan fingerprint density at radius 3 is 2.79 bits per heavy atom. The van der Waals surface area contributed by atoms with Gasteiger partial charge in [0.05, 0.1) is 0 Å². The van der Waals surface area contributed by atoms with Crippen LogP contribution in [-0.2, 0) is 4.79 Å². The Labute approximate surface area is 83.3 Å². The van der Waals surface area contributed by atoms with Crippen LogP contribution >= 0.6 is 0 Å². The number of allylic oxidation sites excluding steroid dienone is 1. The second-order valence-corrected chi connectivity index (χ2v) is 2.92. The summed E-state index contributed by atoms with van der Waals surface area (Å²) < 4.78 is 0. The number of rotatable bonds is 2. The van der Waals surface area contributed by atoms with Crippen molar-refractivity contribution in [2.75, 3.05) is 11.9 Å². The van der Waals surface area contributed by atoms with Crippen molar-refractivity contribution < 1.29 is 9.90 Å². The van der Waals surface area contributed by atoms with Crippen molar-refractivity contribution in [2.45, 2.75) is 6.92 Å². The quantitative estimate of drug-likeness (QED) is 0.725. The molecule has 3 heteroatoms. The van der Waals surface area contributed by atoms with E-state index in [1.807, 2.05) is 0 Å². The van der Waals surface area contributed by atoms with Gasteiger partial charge in [0.15, 0.2) is 0 Å². The zero-order valence-corrected chi connectivity index (χ0v) is 8.27. The summed E-state index contributed by atoms with van der Waals surface area (Å²) in [6.07, 6.45) is 3.16. The van der Waals surface area contributed by atoms with Crippen LogP contribution in [0.2, 0.25) is 0 Å². The summed E-state index contributed by atoms with van der Waals surface area (Å²) >= 11 is 0. The molecule has 0 saturated carbocycles. The molecule has 0 radical (unpaired) electrons. The molecule has 0 aromatic heterocycles. The van der Waals surface area contributed by atoms with Gasteiger partial charge in [0, 0.05) is 18.8 Å². The van der Waals surface area contributed by atoms with E-state index >= 15 is 0 Å². The minimum Gasteiger partial charge on any atom is -0.508 e. The van der Waals surface area contributed by atoms with Crippen molar-refractivity contribution in [2.24, 2.45) is 0 Å². The van der Waals surface area contributed by atoms with E-state index in [9.17, 15) is 9.90 Å². The molecule has 14 heavy (non-hydrogen) atoms. The molecule has 0 aliphatic rings. The normalized spacial score (nSPS) is 10.4. The second-order valence-electron chi connectivity index (χ2n) is 2.92. The summed E-state index contributed by atoms with van der Waals surface area (Å²) in [5, 5.41) is 9.22. The number of phenols is 1. The van der Waals surface area contributed by atoms with Crippen LogP contribution in [0.15, 0.2) is 36.4 Å². The fourth-order valence-corrected chi connectivity index (χ4v) is 1.08. The third kappa shape index (κ3) is 2.36. The van der Waals surface area contributed by atoms with Crippen molar-refractivity contribution in [1.82, 2.24) is 0 Å². The number of nitrogens with zero attached hydrogens (tertiary/aromatic N) is 1. The molecule has 0 bridgehead atoms. The second kappa shape index (κ2) is 4.46. The Balaban J connectivity index is 2.89. The number of carbonyl (C=O) groups excluding carboxylic acids is 1. The Kier molecular flexibility index (Phi) is 3.29. The van der Waals surface area contributed by atoms with E-state index < -0.39 is 0 Å². The molecule has 1 N–H and O–H groups in total. The van der Waals surface area contributed by atoms with Crippen LogP contribution in [0, 0.1) is 0 Å². The number of likely N-dealkylation sites (N-methyl/N-ethyl adjacent to an activating group) is 1. The van der Waals surface area contributed by atoms with Crippen LogP contribution in [0.25, 0.3) is 0 Å². The monoisotopic (exact) mass is 191 g/mol. The molecule has 0 spiro atoms. The predicted octanol–water partition coefficient (Wildman–Crippen LogP) is 1.93. The van der Waals surface area contributed by atoms with Gasteiger partial charge in [-0.3, -0.25) is 4.79 Å². The van der Waals surface area contributed by atoms with Crippen molar-refractivity contribution in [1.29, 1.82) is 0 Å². The number of anilines is 1. The molecule has 0 fully saturated rings. The van der Waals surface area contributed by atoms with E-state index in [2.05, 4.69) is 0 Å². The molecular formula is C11H13NO2. The highest BCUT2D eigenvalue weighted by Gasteiger charge is 2.06. The van der Waals surface area contributed by atoms with Gasteiger partial charge in [-0.05, 0) is 25.1 Å². The Morgan fingerprint density at radius 2 is 2.21 bits per heavy atom. The molecule has 1 aromatic rings. The number of aromatic hydroxyl groups is 1. The zero-order valence-electron chi connectivity index (χ0n) is 8.27. The molecule has 0 saturated heterocycles. The topological polar surface area (TPSA) is 40.5 Å². The highest BCUT2D eigenvalue weighted by molar-refractivity contribution is 6.00. The Bertz CT molecular complexity index is 358. The lowest BCUT2D eigenvalue weighted by Crippen LogP contribution is -2.23. The van der Waals surface area contributed by atoms with Gasteiger partial charge in [-0.1, -0.05) is 12.1 Å². The molecule has 1 rings (SSSR count). The first-order valence-electron chi connectivity index (χ1n) is 4.34. The maximum Gasteiger partial charge on any atom is 0.250 e. The molecule has 0 aliphatic carbocycles. The molecule has 0 aliphatic heterocycles. The number of carbonyl (C=O) groups is 1. The molecule has 0 heterocycles. The average Bonchev–Trinajstić information content (AvgIpc) is 2.17. The van der Waals surface area contributed by atoms with E-state index in [4.69, 9.17) is 0 Å². The number of benzene rings is 1. The molecule has 74 valence electrons. The van der Waals surface area contributed by atoms with Crippen LogP contribution < -0.4 is 4.90 Å². The van der Waals surface area contributed by atoms with Crippen molar-refractivity contribution >= 4 is 11.6 Å². The van der Waals surface area contributed by atoms with Gasteiger partial charge < -0.3 is 10.0 Å². The van der Waals surface area contributed by atoms with E-state index in [0.29, 0.717) is 5.69 Å². The molecule has 3 nitrogen and oxygen atoms in total. The smallest absolute Gasteiger partial charge is 0.250 e. The fourth-order valence-electron chi connectivity index (χ4n) is 1.08. The van der Waals surface area contributed by atoms with Crippen LogP contribution in [0.1, 0.15) is 6.92 Å². The van der Waals surface area contributed by atoms with E-state index in [1.165, 1.54) is 11.0 Å². The number of hydrogen-bond donors (Lipinski definition) is 1. The zero-order chi connectivity index (χ0) is 10.6. The van der Waals surface area contributed by atoms with Gasteiger partial charge in [-0.15, -0.1) is 0 Å². The first kappa shape index (κ1) is 10.3. The largest absolute Gasteiger partial charge is 0.508 e. The molecule has 0 unspecified atom stereocenters. The highest BCUT2D eigenvalue weighted by Crippen LogP contribution is 2.18. The summed E-state index contributed by atoms with van der Waals surface area (Å²) in [4.78, 5) is 12.9. The van der Waals surface area contributed by atoms with Crippen molar-refractivity contribution in [3.05, 3.63) is 36.4 Å². The SMILES string of the molecule is C/C=C/C(=O)N(C)c1cccc(O)c1. The number of amides is 1. The summed E-state index contributed by atoms with van der Waals surface area (Å²) in [5.74, 6) is 0.0423. The summed E-state index contributed by atoms with van der Waals surface area (Å²) in [6.45, 7) is 1.79. The van der Waals surface area contributed by atoms with Gasteiger partial charge in [0.1, 0.15) is 5.75 Å². The van der Waals surface area contributed by atoms with Crippen LogP contribution in [-0.4, -0.2) is 18.1 Å². The third-order valence-corrected chi connectivity index (χ3v) is 1.86. The van der Waals surface area contributed by atoms with Crippen LogP contribution in [0.5, 0.6) is 5.75 Å². The van der Waals surface area contributed by atoms with E-state index in [-0.39, 0.29) is 11.7 Å². The van der Waals surface area contributed by atoms with Gasteiger partial charge in [0.2, 0.25) is 5.91 Å². The Hall–Kier alpha value is -1.77. The van der Waals surface area contributed by atoms with Crippen LogP contribution in [0.4, 0.5) is 5.69 Å². The fraction of sp³-hybridized carbons (Fsp3) is 0.182. The average molecular weight is 191 g/mol. The summed E-state index contributed by atoms with van der Waals surface area (Å²) in [6, 6.07) is 6.57. The maximum atomic E-state index is 11.4. The first-order valence-corrected chi connectivity index (χ1v) is 4.34. The highest BCUT2D eigenvalue weighted by atomic mass is 16.3. The van der Waals surface area contributed by atoms with Gasteiger partial charge >= 0.3 is 0 Å². The molecule has 0 atom stereocenters. The number of hydrogen-bond acceptors (Lipinski definition) is 2. The molecule has 1 aromatic carbocycles. The van der Waals surface area contributed by atoms with Gasteiger partial charge in [-0.2, -0.15) is 0 Å². The predicted molar refractivity (Wildman–Crippen MR) is 56.3 cm³/mol. The van der Waals surface area contributed by atoms with Crippen molar-refractivity contribution in [3.63, 3.8) is 0 Å². The lowest BCUT2D eigenvalue weighted by Gasteiger charge is -2.15. The van der Waals surface area contributed by atoms with Crippen molar-refractivity contribution in [3.8, 4) is 5.75 Å². The van der Waals surface area contributed by atoms with Gasteiger partial charge in [0.25, 0.3) is 0 Å². The minimum absolute atomic E-state index is 0.113.